The van der Waals surface area contributed by atoms with E-state index in [1.54, 1.807) is 4.90 Å². The van der Waals surface area contributed by atoms with Gasteiger partial charge in [0.15, 0.2) is 0 Å². The third-order valence-electron chi connectivity index (χ3n) is 4.99. The highest BCUT2D eigenvalue weighted by Crippen LogP contribution is 2.30. The molecule has 2 saturated heterocycles. The Kier molecular flexibility index (Phi) is 5.22. The predicted molar refractivity (Wildman–Crippen MR) is 97.8 cm³/mol. The molecule has 0 radical (unpaired) electrons. The second-order valence-electron chi connectivity index (χ2n) is 8.03. The van der Waals surface area contributed by atoms with Crippen LogP contribution >= 0.6 is 0 Å². The summed E-state index contributed by atoms with van der Waals surface area (Å²) < 4.78 is 11.6. The maximum absolute atomic E-state index is 12.3. The highest BCUT2D eigenvalue weighted by Gasteiger charge is 2.37. The van der Waals surface area contributed by atoms with Crippen molar-refractivity contribution in [3.63, 3.8) is 0 Å². The zero-order chi connectivity index (χ0) is 18.9. The number of hydrogen-bond donors (Lipinski definition) is 0. The second kappa shape index (κ2) is 7.26. The monoisotopic (exact) mass is 357 g/mol. The molecule has 2 fully saturated rings. The molecule has 2 heterocycles. The molecule has 26 heavy (non-hydrogen) atoms. The normalized spacial score (nSPS) is 23.9. The van der Waals surface area contributed by atoms with Crippen molar-refractivity contribution in [2.45, 2.75) is 45.4 Å². The summed E-state index contributed by atoms with van der Waals surface area (Å²) in [5, 5.41) is 9.24. The van der Waals surface area contributed by atoms with Crippen molar-refractivity contribution in [1.82, 2.24) is 9.80 Å². The third-order valence-corrected chi connectivity index (χ3v) is 4.99. The average molecular weight is 357 g/mol. The maximum atomic E-state index is 12.3. The van der Waals surface area contributed by atoms with E-state index >= 15 is 0 Å². The molecule has 0 N–H and O–H groups in total. The van der Waals surface area contributed by atoms with Crippen molar-refractivity contribution in [1.29, 1.82) is 5.26 Å². The Labute approximate surface area is 155 Å². The lowest BCUT2D eigenvalue weighted by molar-refractivity contribution is -0.0908. The SMILES string of the molecule is Cc1c(C#N)cccc1[C@H]1CN2CCN(C(=O)OC(C)(C)C)C[C@H]2CO1. The summed E-state index contributed by atoms with van der Waals surface area (Å²) in [5.41, 5.74) is 2.29. The van der Waals surface area contributed by atoms with Crippen LogP contribution in [0.25, 0.3) is 0 Å². The summed E-state index contributed by atoms with van der Waals surface area (Å²) in [6.07, 6.45) is -0.288. The summed E-state index contributed by atoms with van der Waals surface area (Å²) in [4.78, 5) is 16.5. The van der Waals surface area contributed by atoms with E-state index in [-0.39, 0.29) is 18.2 Å². The van der Waals surface area contributed by atoms with E-state index in [0.29, 0.717) is 25.3 Å². The fourth-order valence-electron chi connectivity index (χ4n) is 3.59. The minimum absolute atomic E-state index is 0.0346. The first-order valence-electron chi connectivity index (χ1n) is 9.11. The lowest BCUT2D eigenvalue weighted by Gasteiger charge is -2.46. The summed E-state index contributed by atoms with van der Waals surface area (Å²) in [6, 6.07) is 8.22. The van der Waals surface area contributed by atoms with Crippen LogP contribution in [0.2, 0.25) is 0 Å². The van der Waals surface area contributed by atoms with Crippen molar-refractivity contribution in [3.8, 4) is 6.07 Å². The number of morpholine rings is 1. The van der Waals surface area contributed by atoms with Crippen molar-refractivity contribution in [2.24, 2.45) is 0 Å². The largest absolute Gasteiger partial charge is 0.444 e. The maximum Gasteiger partial charge on any atom is 0.410 e. The first kappa shape index (κ1) is 18.7. The number of piperazine rings is 1. The van der Waals surface area contributed by atoms with Gasteiger partial charge in [0.05, 0.1) is 30.4 Å². The van der Waals surface area contributed by atoms with Gasteiger partial charge in [0.25, 0.3) is 0 Å². The van der Waals surface area contributed by atoms with E-state index in [4.69, 9.17) is 9.47 Å². The number of rotatable bonds is 1. The summed E-state index contributed by atoms with van der Waals surface area (Å²) in [6.45, 7) is 11.1. The van der Waals surface area contributed by atoms with Crippen LogP contribution in [0.5, 0.6) is 0 Å². The number of hydrogen-bond acceptors (Lipinski definition) is 5. The van der Waals surface area contributed by atoms with Crippen LogP contribution in [0.1, 0.15) is 43.6 Å². The standard InChI is InChI=1S/C20H27N3O3/c1-14-15(10-21)6-5-7-17(14)18-12-22-8-9-23(11-16(22)13-25-18)19(24)26-20(2,3)4/h5-7,16,18H,8-9,11-13H2,1-4H3/t16-,18+/m0/s1. The van der Waals surface area contributed by atoms with Crippen LogP contribution < -0.4 is 0 Å². The lowest BCUT2D eigenvalue weighted by atomic mass is 9.96. The Bertz CT molecular complexity index is 720. The number of carbonyl (C=O) groups is 1. The van der Waals surface area contributed by atoms with E-state index < -0.39 is 5.60 Å². The van der Waals surface area contributed by atoms with Crippen molar-refractivity contribution in [2.75, 3.05) is 32.8 Å². The van der Waals surface area contributed by atoms with Crippen molar-refractivity contribution >= 4 is 6.09 Å². The number of ether oxygens (including phenoxy) is 2. The van der Waals surface area contributed by atoms with Crippen LogP contribution in [0.3, 0.4) is 0 Å². The highest BCUT2D eigenvalue weighted by molar-refractivity contribution is 5.68. The smallest absolute Gasteiger partial charge is 0.410 e. The minimum Gasteiger partial charge on any atom is -0.444 e. The number of amides is 1. The van der Waals surface area contributed by atoms with E-state index in [1.165, 1.54) is 0 Å². The molecule has 0 aliphatic carbocycles. The molecule has 6 heteroatoms. The molecule has 6 nitrogen and oxygen atoms in total. The summed E-state index contributed by atoms with van der Waals surface area (Å²) in [5.74, 6) is 0. The zero-order valence-electron chi connectivity index (χ0n) is 16.0. The molecule has 3 rings (SSSR count). The molecule has 0 unspecified atom stereocenters. The molecular formula is C20H27N3O3. The molecule has 2 aliphatic rings. The van der Waals surface area contributed by atoms with E-state index in [9.17, 15) is 10.1 Å². The molecule has 0 aromatic heterocycles. The Balaban J connectivity index is 1.64. The minimum atomic E-state index is -0.480. The fraction of sp³-hybridized carbons (Fsp3) is 0.600. The zero-order valence-corrected chi connectivity index (χ0v) is 16.0. The Hall–Kier alpha value is -2.10. The quantitative estimate of drug-likeness (QED) is 0.773. The van der Waals surface area contributed by atoms with Gasteiger partial charge in [-0.2, -0.15) is 5.26 Å². The molecule has 1 aromatic carbocycles. The van der Waals surface area contributed by atoms with Gasteiger partial charge in [-0.05, 0) is 44.9 Å². The topological polar surface area (TPSA) is 65.8 Å². The summed E-state index contributed by atoms with van der Waals surface area (Å²) in [7, 11) is 0. The first-order chi connectivity index (χ1) is 12.3. The van der Waals surface area contributed by atoms with E-state index in [0.717, 1.165) is 24.2 Å². The highest BCUT2D eigenvalue weighted by atomic mass is 16.6. The van der Waals surface area contributed by atoms with E-state index in [1.807, 2.05) is 45.9 Å². The van der Waals surface area contributed by atoms with Gasteiger partial charge in [-0.1, -0.05) is 12.1 Å². The third kappa shape index (κ3) is 4.00. The fourth-order valence-corrected chi connectivity index (χ4v) is 3.59. The second-order valence-corrected chi connectivity index (χ2v) is 8.03. The predicted octanol–water partition coefficient (Wildman–Crippen LogP) is 2.86. The number of carbonyl (C=O) groups excluding carboxylic acids is 1. The molecule has 140 valence electrons. The van der Waals surface area contributed by atoms with Crippen LogP contribution in [-0.2, 0) is 9.47 Å². The molecule has 1 amide bonds. The van der Waals surface area contributed by atoms with Gasteiger partial charge in [-0.15, -0.1) is 0 Å². The lowest BCUT2D eigenvalue weighted by Crippen LogP contribution is -2.60. The van der Waals surface area contributed by atoms with Gasteiger partial charge in [-0.25, -0.2) is 4.79 Å². The molecule has 2 atom stereocenters. The molecule has 0 saturated carbocycles. The molecular weight excluding hydrogens is 330 g/mol. The first-order valence-corrected chi connectivity index (χ1v) is 9.11. The van der Waals surface area contributed by atoms with Gasteiger partial charge in [0, 0.05) is 26.2 Å². The van der Waals surface area contributed by atoms with Crippen LogP contribution in [0.4, 0.5) is 4.79 Å². The summed E-state index contributed by atoms with van der Waals surface area (Å²) >= 11 is 0. The Morgan fingerprint density at radius 3 is 2.77 bits per heavy atom. The number of nitrogens with zero attached hydrogens (tertiary/aromatic N) is 3. The van der Waals surface area contributed by atoms with Gasteiger partial charge in [0.2, 0.25) is 0 Å². The molecule has 1 aromatic rings. The number of fused-ring (bicyclic) bond motifs is 1. The van der Waals surface area contributed by atoms with Crippen LogP contribution in [-0.4, -0.2) is 60.3 Å². The molecule has 2 aliphatic heterocycles. The van der Waals surface area contributed by atoms with Crippen LogP contribution in [0, 0.1) is 18.3 Å². The average Bonchev–Trinajstić information content (AvgIpc) is 2.59. The number of benzene rings is 1. The molecule has 0 spiro atoms. The van der Waals surface area contributed by atoms with Gasteiger partial charge < -0.3 is 14.4 Å². The van der Waals surface area contributed by atoms with Crippen molar-refractivity contribution < 1.29 is 14.3 Å². The number of nitriles is 1. The van der Waals surface area contributed by atoms with E-state index in [2.05, 4.69) is 11.0 Å². The van der Waals surface area contributed by atoms with Gasteiger partial charge in [-0.3, -0.25) is 4.90 Å². The Morgan fingerprint density at radius 2 is 2.08 bits per heavy atom. The molecule has 0 bridgehead atoms. The van der Waals surface area contributed by atoms with Crippen molar-refractivity contribution in [3.05, 3.63) is 34.9 Å². The van der Waals surface area contributed by atoms with Gasteiger partial charge in [0.1, 0.15) is 5.60 Å². The van der Waals surface area contributed by atoms with Crippen LogP contribution in [0.15, 0.2) is 18.2 Å². The van der Waals surface area contributed by atoms with Gasteiger partial charge >= 0.3 is 6.09 Å². The Morgan fingerprint density at radius 1 is 1.31 bits per heavy atom.